The first-order chi connectivity index (χ1) is 13.5. The maximum absolute atomic E-state index is 4.95. The average Bonchev–Trinajstić information content (AvgIpc) is 2.76. The first-order valence-corrected chi connectivity index (χ1v) is 11.3. The summed E-state index contributed by atoms with van der Waals surface area (Å²) in [5.41, 5.74) is 8.89. The zero-order valence-electron chi connectivity index (χ0n) is 16.3. The maximum atomic E-state index is 4.95. The Bertz CT molecular complexity index is 746. The van der Waals surface area contributed by atoms with Crippen LogP contribution in [0.5, 0.6) is 0 Å². The van der Waals surface area contributed by atoms with Crippen molar-refractivity contribution in [2.24, 2.45) is 10.2 Å². The summed E-state index contributed by atoms with van der Waals surface area (Å²) in [4.78, 5) is 8.32. The fraction of sp³-hybridized carbons (Fsp3) is 0.222. The predicted octanol–water partition coefficient (Wildman–Crippen LogP) is 4.08. The number of thiocarbonyl (C=S) groups is 2. The van der Waals surface area contributed by atoms with E-state index in [1.54, 1.807) is 12.4 Å². The molecule has 0 saturated heterocycles. The second-order valence-electron chi connectivity index (χ2n) is 5.03. The normalized spacial score (nSPS) is 10.8. The molecule has 0 spiro atoms. The van der Waals surface area contributed by atoms with Gasteiger partial charge in [-0.3, -0.25) is 20.8 Å². The van der Waals surface area contributed by atoms with Crippen molar-refractivity contribution >= 4 is 68.0 Å². The quantitative estimate of drug-likeness (QED) is 0.274. The minimum Gasteiger partial charge on any atom is -0.262 e. The van der Waals surface area contributed by atoms with E-state index < -0.39 is 0 Å². The summed E-state index contributed by atoms with van der Waals surface area (Å²) in [6, 6.07) is 11.4. The van der Waals surface area contributed by atoms with E-state index in [4.69, 9.17) is 24.4 Å². The van der Waals surface area contributed by atoms with Crippen LogP contribution in [0.15, 0.2) is 59.0 Å². The predicted molar refractivity (Wildman–Crippen MR) is 131 cm³/mol. The molecule has 0 saturated carbocycles. The molecular formula is C18H22CuN6S4. The van der Waals surface area contributed by atoms with Gasteiger partial charge in [-0.1, -0.05) is 60.1 Å². The van der Waals surface area contributed by atoms with Crippen molar-refractivity contribution in [2.75, 3.05) is 12.5 Å². The molecule has 6 nitrogen and oxygen atoms in total. The van der Waals surface area contributed by atoms with Crippen LogP contribution in [0.4, 0.5) is 0 Å². The van der Waals surface area contributed by atoms with E-state index >= 15 is 0 Å². The minimum atomic E-state index is 0. The Morgan fingerprint density at radius 3 is 1.45 bits per heavy atom. The van der Waals surface area contributed by atoms with Crippen LogP contribution in [0.3, 0.4) is 0 Å². The van der Waals surface area contributed by atoms with Crippen LogP contribution in [-0.4, -0.2) is 42.5 Å². The van der Waals surface area contributed by atoms with Gasteiger partial charge < -0.3 is 0 Å². The molecule has 1 radical (unpaired) electrons. The number of hydrogen-bond donors (Lipinski definition) is 2. The number of nitrogens with one attached hydrogen (secondary N) is 2. The zero-order chi connectivity index (χ0) is 20.8. The van der Waals surface area contributed by atoms with Gasteiger partial charge in [0.25, 0.3) is 0 Å². The zero-order valence-corrected chi connectivity index (χ0v) is 20.5. The van der Waals surface area contributed by atoms with Crippen LogP contribution < -0.4 is 10.9 Å². The molecule has 0 atom stereocenters. The second kappa shape index (κ2) is 16.4. The number of thioether (sulfide) groups is 2. The third-order valence-electron chi connectivity index (χ3n) is 3.07. The van der Waals surface area contributed by atoms with E-state index in [0.717, 1.165) is 22.8 Å². The summed E-state index contributed by atoms with van der Waals surface area (Å²) in [6.45, 7) is 3.77. The molecule has 0 amide bonds. The molecule has 0 aliphatic carbocycles. The van der Waals surface area contributed by atoms with Gasteiger partial charge in [0.1, 0.15) is 0 Å². The van der Waals surface area contributed by atoms with Gasteiger partial charge in [0, 0.05) is 29.5 Å². The first kappa shape index (κ1) is 27.6. The fourth-order valence-corrected chi connectivity index (χ4v) is 1.98. The van der Waals surface area contributed by atoms with E-state index in [9.17, 15) is 0 Å². The van der Waals surface area contributed by atoms with Gasteiger partial charge in [-0.15, -0.1) is 0 Å². The van der Waals surface area contributed by atoms with E-state index in [1.807, 2.05) is 62.8 Å². The molecule has 2 aromatic rings. The molecule has 0 unspecified atom stereocenters. The summed E-state index contributed by atoms with van der Waals surface area (Å²) in [5, 5.41) is 8.21. The molecule has 2 rings (SSSR count). The van der Waals surface area contributed by atoms with Crippen molar-refractivity contribution in [3.05, 3.63) is 60.2 Å². The molecular weight excluding hydrogens is 492 g/mol. The maximum Gasteiger partial charge on any atom is 0.153 e. The van der Waals surface area contributed by atoms with Crippen LogP contribution in [0.2, 0.25) is 0 Å². The number of hydrazone groups is 2. The summed E-state index contributed by atoms with van der Waals surface area (Å²) >= 11 is 12.8. The van der Waals surface area contributed by atoms with Crippen LogP contribution in [-0.2, 0) is 17.1 Å². The van der Waals surface area contributed by atoms with Gasteiger partial charge in [0.2, 0.25) is 0 Å². The Balaban J connectivity index is 0.000000523. The van der Waals surface area contributed by atoms with Crippen molar-refractivity contribution in [3.63, 3.8) is 0 Å². The van der Waals surface area contributed by atoms with Gasteiger partial charge in [-0.05, 0) is 50.6 Å². The topological polar surface area (TPSA) is 74.6 Å². The molecule has 0 bridgehead atoms. The summed E-state index contributed by atoms with van der Waals surface area (Å²) in [7, 11) is 0. The third-order valence-corrected chi connectivity index (χ3v) is 5.18. The fourth-order valence-electron chi connectivity index (χ4n) is 1.62. The number of aromatic nitrogens is 2. The summed E-state index contributed by atoms with van der Waals surface area (Å²) in [6.07, 6.45) is 7.28. The second-order valence-corrected chi connectivity index (χ2v) is 8.00. The van der Waals surface area contributed by atoms with E-state index in [0.29, 0.717) is 8.64 Å². The molecule has 0 fully saturated rings. The van der Waals surface area contributed by atoms with Crippen molar-refractivity contribution in [1.82, 2.24) is 20.8 Å². The molecule has 0 aromatic carbocycles. The number of hydrogen-bond acceptors (Lipinski definition) is 8. The van der Waals surface area contributed by atoms with Gasteiger partial charge in [-0.25, -0.2) is 0 Å². The molecule has 29 heavy (non-hydrogen) atoms. The summed E-state index contributed by atoms with van der Waals surface area (Å²) < 4.78 is 1.31. The molecule has 2 heterocycles. The van der Waals surface area contributed by atoms with Crippen LogP contribution in [0, 0.1) is 0 Å². The largest absolute Gasteiger partial charge is 0.262 e. The van der Waals surface area contributed by atoms with E-state index in [-0.39, 0.29) is 17.1 Å². The van der Waals surface area contributed by atoms with Gasteiger partial charge in [0.15, 0.2) is 8.64 Å². The number of nitrogens with zero attached hydrogens (tertiary/aromatic N) is 4. The summed E-state index contributed by atoms with van der Waals surface area (Å²) in [5.74, 6) is 0. The molecule has 0 aliphatic rings. The molecule has 159 valence electrons. The SMILES string of the molecule is CSC(=S)NN=C(C)c1ccccn1.CSC(=S)NN=C(C)c1ccccn1.[Cu]. The van der Waals surface area contributed by atoms with E-state index in [1.165, 1.54) is 23.5 Å². The Labute approximate surface area is 201 Å². The van der Waals surface area contributed by atoms with E-state index in [2.05, 4.69) is 31.0 Å². The van der Waals surface area contributed by atoms with Crippen LogP contribution in [0.25, 0.3) is 0 Å². The monoisotopic (exact) mass is 513 g/mol. The molecule has 2 N–H and O–H groups in total. The van der Waals surface area contributed by atoms with Crippen molar-refractivity contribution in [2.45, 2.75) is 13.8 Å². The van der Waals surface area contributed by atoms with Crippen molar-refractivity contribution in [1.29, 1.82) is 0 Å². The first-order valence-electron chi connectivity index (χ1n) is 8.07. The van der Waals surface area contributed by atoms with Gasteiger partial charge in [-0.2, -0.15) is 10.2 Å². The number of pyridine rings is 2. The van der Waals surface area contributed by atoms with Crippen LogP contribution >= 0.6 is 48.0 Å². The Kier molecular flexibility index (Phi) is 15.7. The van der Waals surface area contributed by atoms with Crippen molar-refractivity contribution < 1.29 is 17.1 Å². The molecule has 0 aliphatic heterocycles. The Morgan fingerprint density at radius 1 is 0.793 bits per heavy atom. The number of rotatable bonds is 4. The van der Waals surface area contributed by atoms with Gasteiger partial charge in [0.05, 0.1) is 22.8 Å². The Hall–Kier alpha value is -1.36. The smallest absolute Gasteiger partial charge is 0.153 e. The van der Waals surface area contributed by atoms with Crippen molar-refractivity contribution in [3.8, 4) is 0 Å². The Morgan fingerprint density at radius 2 is 1.17 bits per heavy atom. The standard InChI is InChI=1S/2C9H11N3S2.Cu/c2*1-7(11-12-9(13)14-2)8-5-3-4-6-10-8;/h2*3-6H,1-2H3,(H,12,13);. The molecule has 2 aromatic heterocycles. The minimum absolute atomic E-state index is 0. The average molecular weight is 514 g/mol. The van der Waals surface area contributed by atoms with Crippen LogP contribution in [0.1, 0.15) is 25.2 Å². The molecule has 11 heteroatoms. The third kappa shape index (κ3) is 12.0. The van der Waals surface area contributed by atoms with Gasteiger partial charge >= 0.3 is 0 Å².